The lowest BCUT2D eigenvalue weighted by atomic mass is 9.87. The topological polar surface area (TPSA) is 41.6 Å². The Labute approximate surface area is 148 Å². The minimum absolute atomic E-state index is 0.0613. The second-order valence-electron chi connectivity index (χ2n) is 6.78. The Morgan fingerprint density at radius 2 is 1.76 bits per heavy atom. The van der Waals surface area contributed by atoms with Crippen LogP contribution < -0.4 is 10.1 Å². The van der Waals surface area contributed by atoms with E-state index >= 15 is 0 Å². The van der Waals surface area contributed by atoms with Gasteiger partial charge in [-0.15, -0.1) is 0 Å². The van der Waals surface area contributed by atoms with Gasteiger partial charge >= 0.3 is 0 Å². The van der Waals surface area contributed by atoms with Crippen molar-refractivity contribution < 1.29 is 9.53 Å². The van der Waals surface area contributed by atoms with Crippen LogP contribution in [0.3, 0.4) is 0 Å². The van der Waals surface area contributed by atoms with Crippen LogP contribution in [0, 0.1) is 0 Å². The van der Waals surface area contributed by atoms with Crippen molar-refractivity contribution >= 4 is 5.91 Å². The number of carbonyl (C=O) groups is 1. The summed E-state index contributed by atoms with van der Waals surface area (Å²) in [5.41, 5.74) is 1.88. The predicted octanol–water partition coefficient (Wildman–Crippen LogP) is 3.52. The number of amides is 1. The maximum atomic E-state index is 13.1. The van der Waals surface area contributed by atoms with E-state index in [0.29, 0.717) is 12.6 Å². The van der Waals surface area contributed by atoms with E-state index in [1.165, 1.54) is 6.42 Å². The molecule has 2 aliphatic heterocycles. The molecule has 1 unspecified atom stereocenters. The summed E-state index contributed by atoms with van der Waals surface area (Å²) >= 11 is 0. The van der Waals surface area contributed by atoms with Gasteiger partial charge in [-0.1, -0.05) is 43.3 Å². The number of rotatable bonds is 4. The lowest BCUT2D eigenvalue weighted by molar-refractivity contribution is -0.122. The van der Waals surface area contributed by atoms with Crippen LogP contribution in [-0.4, -0.2) is 36.5 Å². The third kappa shape index (κ3) is 3.02. The summed E-state index contributed by atoms with van der Waals surface area (Å²) in [5.74, 6) is 1.30. The maximum absolute atomic E-state index is 13.1. The van der Waals surface area contributed by atoms with Crippen LogP contribution >= 0.6 is 0 Å². The van der Waals surface area contributed by atoms with E-state index in [-0.39, 0.29) is 11.8 Å². The zero-order valence-electron chi connectivity index (χ0n) is 14.6. The number of fused-ring (bicyclic) bond motifs is 2. The smallest absolute Gasteiger partial charge is 0.232 e. The van der Waals surface area contributed by atoms with E-state index in [0.717, 1.165) is 42.1 Å². The molecule has 0 bridgehead atoms. The van der Waals surface area contributed by atoms with Crippen LogP contribution in [-0.2, 0) is 4.79 Å². The number of carbonyl (C=O) groups excluding carboxylic acids is 1. The van der Waals surface area contributed by atoms with Crippen LogP contribution in [0.1, 0.15) is 36.8 Å². The SMILES string of the molecule is CCN1CCCC1CNC(=O)C1c2ccccc2Oc2ccccc21. The minimum Gasteiger partial charge on any atom is -0.457 e. The van der Waals surface area contributed by atoms with Crippen LogP contribution in [0.2, 0.25) is 0 Å². The molecule has 2 aromatic rings. The molecule has 0 aliphatic carbocycles. The van der Waals surface area contributed by atoms with Gasteiger partial charge in [0.05, 0.1) is 5.92 Å². The van der Waals surface area contributed by atoms with Gasteiger partial charge in [-0.25, -0.2) is 0 Å². The van der Waals surface area contributed by atoms with Crippen molar-refractivity contribution in [2.24, 2.45) is 0 Å². The van der Waals surface area contributed by atoms with Crippen molar-refractivity contribution in [2.45, 2.75) is 31.7 Å². The first kappa shape index (κ1) is 16.2. The molecule has 25 heavy (non-hydrogen) atoms. The second-order valence-corrected chi connectivity index (χ2v) is 6.78. The molecule has 0 saturated carbocycles. The lowest BCUT2D eigenvalue weighted by Crippen LogP contribution is -2.42. The first-order valence-electron chi connectivity index (χ1n) is 9.15. The lowest BCUT2D eigenvalue weighted by Gasteiger charge is -2.29. The molecule has 2 aliphatic rings. The molecule has 130 valence electrons. The number of ether oxygens (including phenoxy) is 1. The van der Waals surface area contributed by atoms with Crippen LogP contribution in [0.25, 0.3) is 0 Å². The summed E-state index contributed by atoms with van der Waals surface area (Å²) < 4.78 is 5.98. The maximum Gasteiger partial charge on any atom is 0.232 e. The van der Waals surface area contributed by atoms with Gasteiger partial charge < -0.3 is 10.1 Å². The van der Waals surface area contributed by atoms with Gasteiger partial charge in [0.15, 0.2) is 0 Å². The summed E-state index contributed by atoms with van der Waals surface area (Å²) in [7, 11) is 0. The number of hydrogen-bond donors (Lipinski definition) is 1. The van der Waals surface area contributed by atoms with Gasteiger partial charge in [-0.3, -0.25) is 9.69 Å². The number of benzene rings is 2. The zero-order chi connectivity index (χ0) is 17.2. The van der Waals surface area contributed by atoms with Crippen molar-refractivity contribution in [3.8, 4) is 11.5 Å². The third-order valence-corrected chi connectivity index (χ3v) is 5.36. The zero-order valence-corrected chi connectivity index (χ0v) is 14.6. The summed E-state index contributed by atoms with van der Waals surface area (Å²) in [6.07, 6.45) is 2.38. The van der Waals surface area contributed by atoms with E-state index in [1.807, 2.05) is 48.5 Å². The molecule has 0 aromatic heterocycles. The fraction of sp³-hybridized carbons (Fsp3) is 0.381. The standard InChI is InChI=1S/C21H24N2O2/c1-2-23-13-7-8-15(23)14-22-21(24)20-16-9-3-5-11-18(16)25-19-12-6-4-10-17(19)20/h3-6,9-12,15,20H,2,7-8,13-14H2,1H3,(H,22,24). The van der Waals surface area contributed by atoms with Crippen LogP contribution in [0.5, 0.6) is 11.5 Å². The number of hydrogen-bond acceptors (Lipinski definition) is 3. The Morgan fingerprint density at radius 1 is 1.12 bits per heavy atom. The summed E-state index contributed by atoms with van der Waals surface area (Å²) in [4.78, 5) is 15.5. The van der Waals surface area contributed by atoms with Crippen molar-refractivity contribution in [3.63, 3.8) is 0 Å². The number of likely N-dealkylation sites (N-methyl/N-ethyl adjacent to an activating group) is 1. The Morgan fingerprint density at radius 3 is 2.40 bits per heavy atom. The highest BCUT2D eigenvalue weighted by molar-refractivity contribution is 5.89. The molecule has 2 aromatic carbocycles. The largest absolute Gasteiger partial charge is 0.457 e. The average Bonchev–Trinajstić information content (AvgIpc) is 3.11. The second kappa shape index (κ2) is 6.89. The first-order chi connectivity index (χ1) is 12.3. The van der Waals surface area contributed by atoms with Gasteiger partial charge in [0.2, 0.25) is 5.91 Å². The van der Waals surface area contributed by atoms with Crippen molar-refractivity contribution in [1.29, 1.82) is 0 Å². The number of nitrogens with one attached hydrogen (secondary N) is 1. The quantitative estimate of drug-likeness (QED) is 0.929. The average molecular weight is 336 g/mol. The molecule has 0 spiro atoms. The first-order valence-corrected chi connectivity index (χ1v) is 9.15. The molecule has 4 heteroatoms. The molecule has 0 radical (unpaired) electrons. The predicted molar refractivity (Wildman–Crippen MR) is 98.1 cm³/mol. The molecule has 1 amide bonds. The Bertz CT molecular complexity index is 728. The Hall–Kier alpha value is -2.33. The molecule has 1 fully saturated rings. The molecule has 1 N–H and O–H groups in total. The molecule has 1 saturated heterocycles. The summed E-state index contributed by atoms with van der Waals surface area (Å²) in [5, 5.41) is 3.20. The van der Waals surface area contributed by atoms with Crippen molar-refractivity contribution in [3.05, 3.63) is 59.7 Å². The van der Waals surface area contributed by atoms with Gasteiger partial charge in [0, 0.05) is 23.7 Å². The Kier molecular flexibility index (Phi) is 4.45. The molecule has 4 nitrogen and oxygen atoms in total. The monoisotopic (exact) mass is 336 g/mol. The van der Waals surface area contributed by atoms with Crippen LogP contribution in [0.4, 0.5) is 0 Å². The molecular weight excluding hydrogens is 312 g/mol. The van der Waals surface area contributed by atoms with E-state index in [9.17, 15) is 4.79 Å². The number of likely N-dealkylation sites (tertiary alicyclic amines) is 1. The Balaban J connectivity index is 1.58. The van der Waals surface area contributed by atoms with Gasteiger partial charge in [0.1, 0.15) is 11.5 Å². The van der Waals surface area contributed by atoms with E-state index in [2.05, 4.69) is 17.1 Å². The van der Waals surface area contributed by atoms with Crippen LogP contribution in [0.15, 0.2) is 48.5 Å². The molecule has 4 rings (SSSR count). The molecular formula is C21H24N2O2. The summed E-state index contributed by atoms with van der Waals surface area (Å²) in [6, 6.07) is 16.1. The fourth-order valence-electron chi connectivity index (χ4n) is 4.06. The van der Waals surface area contributed by atoms with Gasteiger partial charge in [0.25, 0.3) is 0 Å². The number of para-hydroxylation sites is 2. The summed E-state index contributed by atoms with van der Waals surface area (Å²) in [6.45, 7) is 5.09. The van der Waals surface area contributed by atoms with Crippen molar-refractivity contribution in [2.75, 3.05) is 19.6 Å². The van der Waals surface area contributed by atoms with E-state index in [4.69, 9.17) is 4.74 Å². The molecule has 2 heterocycles. The fourth-order valence-corrected chi connectivity index (χ4v) is 4.06. The normalized spacial score (nSPS) is 19.8. The van der Waals surface area contributed by atoms with Crippen molar-refractivity contribution in [1.82, 2.24) is 10.2 Å². The van der Waals surface area contributed by atoms with Gasteiger partial charge in [-0.2, -0.15) is 0 Å². The highest BCUT2D eigenvalue weighted by atomic mass is 16.5. The van der Waals surface area contributed by atoms with E-state index in [1.54, 1.807) is 0 Å². The van der Waals surface area contributed by atoms with Gasteiger partial charge in [-0.05, 0) is 38.1 Å². The van der Waals surface area contributed by atoms with E-state index < -0.39 is 0 Å². The third-order valence-electron chi connectivity index (χ3n) is 5.36. The minimum atomic E-state index is -0.308. The highest BCUT2D eigenvalue weighted by Crippen LogP contribution is 2.43. The number of nitrogens with zero attached hydrogens (tertiary/aromatic N) is 1. The molecule has 1 atom stereocenters. The highest BCUT2D eigenvalue weighted by Gasteiger charge is 2.33.